The van der Waals surface area contributed by atoms with Gasteiger partial charge in [0, 0.05) is 30.9 Å². The molecule has 192 valence electrons. The lowest BCUT2D eigenvalue weighted by molar-refractivity contribution is -0.107. The van der Waals surface area contributed by atoms with Crippen molar-refractivity contribution >= 4 is 35.5 Å². The highest BCUT2D eigenvalue weighted by molar-refractivity contribution is 6.33. The molecular formula is C27H25ClN8O2. The molecule has 2 amide bonds. The average molecular weight is 529 g/mol. The molecule has 1 aliphatic carbocycles. The van der Waals surface area contributed by atoms with Crippen LogP contribution in [0.2, 0.25) is 5.02 Å². The van der Waals surface area contributed by atoms with Crippen molar-refractivity contribution < 1.29 is 9.59 Å². The van der Waals surface area contributed by atoms with Gasteiger partial charge in [0.15, 0.2) is 5.65 Å². The summed E-state index contributed by atoms with van der Waals surface area (Å²) < 4.78 is 3.58. The van der Waals surface area contributed by atoms with Gasteiger partial charge in [-0.3, -0.25) is 19.2 Å². The number of anilines is 1. The maximum atomic E-state index is 13.1. The van der Waals surface area contributed by atoms with Crippen molar-refractivity contribution in [2.24, 2.45) is 0 Å². The molecular weight excluding hydrogens is 504 g/mol. The normalized spacial score (nSPS) is 16.8. The maximum Gasteiger partial charge on any atom is 0.255 e. The third-order valence-corrected chi connectivity index (χ3v) is 7.82. The summed E-state index contributed by atoms with van der Waals surface area (Å²) in [6, 6.07) is 15.2. The van der Waals surface area contributed by atoms with E-state index < -0.39 is 5.54 Å². The Kier molecular flexibility index (Phi) is 6.08. The summed E-state index contributed by atoms with van der Waals surface area (Å²) in [5.74, 6) is 0.283. The number of nitrogens with zero attached hydrogens (tertiary/aromatic N) is 8. The molecule has 0 N–H and O–H groups in total. The summed E-state index contributed by atoms with van der Waals surface area (Å²) in [6.45, 7) is 0.983. The van der Waals surface area contributed by atoms with Crippen LogP contribution in [0.15, 0.2) is 54.9 Å². The van der Waals surface area contributed by atoms with Crippen LogP contribution in [0.5, 0.6) is 0 Å². The minimum atomic E-state index is -0.536. The van der Waals surface area contributed by atoms with E-state index in [-0.39, 0.29) is 18.4 Å². The maximum absolute atomic E-state index is 13.1. The third-order valence-electron chi connectivity index (χ3n) is 7.49. The molecule has 3 aromatic heterocycles. The molecule has 6 rings (SSSR count). The highest BCUT2D eigenvalue weighted by Gasteiger charge is 2.39. The number of aromatic nitrogens is 5. The van der Waals surface area contributed by atoms with E-state index in [1.165, 1.54) is 0 Å². The lowest BCUT2D eigenvalue weighted by atomic mass is 9.84. The molecule has 11 heteroatoms. The summed E-state index contributed by atoms with van der Waals surface area (Å²) in [6.07, 6.45) is 7.84. The van der Waals surface area contributed by atoms with Gasteiger partial charge in [-0.05, 0) is 49.9 Å². The van der Waals surface area contributed by atoms with Crippen LogP contribution in [0.3, 0.4) is 0 Å². The van der Waals surface area contributed by atoms with Crippen molar-refractivity contribution in [1.29, 1.82) is 5.26 Å². The molecule has 0 unspecified atom stereocenters. The van der Waals surface area contributed by atoms with Crippen LogP contribution in [0, 0.1) is 11.3 Å². The quantitative estimate of drug-likeness (QED) is 0.336. The fourth-order valence-corrected chi connectivity index (χ4v) is 5.37. The first-order valence-electron chi connectivity index (χ1n) is 12.6. The molecule has 1 aromatic carbocycles. The molecule has 4 aromatic rings. The second-order valence-electron chi connectivity index (χ2n) is 9.84. The van der Waals surface area contributed by atoms with Gasteiger partial charge in [-0.2, -0.15) is 15.3 Å². The molecule has 0 radical (unpaired) electrons. The fraction of sp³-hybridized carbons (Fsp3) is 0.333. The van der Waals surface area contributed by atoms with Crippen molar-refractivity contribution in [3.8, 4) is 17.3 Å². The number of rotatable bonds is 7. The van der Waals surface area contributed by atoms with Gasteiger partial charge in [0.2, 0.25) is 6.41 Å². The van der Waals surface area contributed by atoms with Crippen molar-refractivity contribution in [2.75, 3.05) is 18.0 Å². The van der Waals surface area contributed by atoms with Gasteiger partial charge in [-0.1, -0.05) is 29.8 Å². The first-order chi connectivity index (χ1) is 18.5. The Hall–Kier alpha value is -4.23. The molecule has 2 aliphatic rings. The minimum absolute atomic E-state index is 0.105. The summed E-state index contributed by atoms with van der Waals surface area (Å²) in [5, 5.41) is 19.4. The second kappa shape index (κ2) is 9.58. The molecule has 1 saturated carbocycles. The predicted molar refractivity (Wildman–Crippen MR) is 141 cm³/mol. The first-order valence-corrected chi connectivity index (χ1v) is 13.0. The van der Waals surface area contributed by atoms with E-state index >= 15 is 0 Å². The van der Waals surface area contributed by atoms with Gasteiger partial charge < -0.3 is 4.90 Å². The van der Waals surface area contributed by atoms with Crippen LogP contribution in [0.4, 0.5) is 5.95 Å². The van der Waals surface area contributed by atoms with Crippen molar-refractivity contribution in [1.82, 2.24) is 29.3 Å². The van der Waals surface area contributed by atoms with E-state index in [1.807, 2.05) is 29.1 Å². The number of pyridine rings is 1. The highest BCUT2D eigenvalue weighted by atomic mass is 35.5. The number of halogens is 1. The van der Waals surface area contributed by atoms with Crippen molar-refractivity contribution in [3.05, 3.63) is 65.4 Å². The zero-order chi connectivity index (χ0) is 26.3. The molecule has 1 aliphatic heterocycles. The Morgan fingerprint density at radius 3 is 2.68 bits per heavy atom. The molecule has 4 heterocycles. The van der Waals surface area contributed by atoms with Crippen molar-refractivity contribution in [2.45, 2.75) is 43.7 Å². The van der Waals surface area contributed by atoms with Crippen LogP contribution >= 0.6 is 11.6 Å². The zero-order valence-corrected chi connectivity index (χ0v) is 21.3. The molecule has 38 heavy (non-hydrogen) atoms. The zero-order valence-electron chi connectivity index (χ0n) is 20.6. The van der Waals surface area contributed by atoms with Gasteiger partial charge in [0.1, 0.15) is 0 Å². The van der Waals surface area contributed by atoms with Crippen LogP contribution in [-0.2, 0) is 10.3 Å². The number of fused-ring (bicyclic) bond motifs is 1. The predicted octanol–water partition coefficient (Wildman–Crippen LogP) is 3.92. The number of likely N-dealkylation sites (tertiary alicyclic amines) is 1. The van der Waals surface area contributed by atoms with Crippen LogP contribution in [-0.4, -0.2) is 60.7 Å². The Bertz CT molecular complexity index is 1560. The van der Waals surface area contributed by atoms with Crippen molar-refractivity contribution in [3.63, 3.8) is 0 Å². The number of carbonyl (C=O) groups excluding carboxylic acids is 2. The van der Waals surface area contributed by atoms with E-state index in [2.05, 4.69) is 21.3 Å². The number of amides is 2. The molecule has 2 fully saturated rings. The number of carbonyl (C=O) groups is 2. The largest absolute Gasteiger partial charge is 0.338 e. The first kappa shape index (κ1) is 24.1. The summed E-state index contributed by atoms with van der Waals surface area (Å²) in [7, 11) is 0. The van der Waals surface area contributed by atoms with Gasteiger partial charge in [-0.15, -0.1) is 5.10 Å². The Labute approximate surface area is 224 Å². The van der Waals surface area contributed by atoms with E-state index in [9.17, 15) is 14.9 Å². The SMILES string of the molecule is N#CCC1(n2cc(-c3cccc4nc(N(C=O)C5CC5)nn34)cn2)CCN(C(=O)c2ccccc2Cl)CC1. The van der Waals surface area contributed by atoms with Gasteiger partial charge >= 0.3 is 0 Å². The monoisotopic (exact) mass is 528 g/mol. The Morgan fingerprint density at radius 1 is 1.18 bits per heavy atom. The van der Waals surface area contributed by atoms with Crippen LogP contribution in [0.25, 0.3) is 16.9 Å². The standard InChI is InChI=1S/C27H25ClN8O2/c28-22-5-2-1-4-21(22)25(38)33-14-11-27(10-13-29,12-15-33)35-17-19(16-30-35)23-6-3-7-24-31-26(32-36(23)24)34(18-37)20-8-9-20/h1-7,16-18,20H,8-12,14-15H2. The third kappa shape index (κ3) is 4.19. The van der Waals surface area contributed by atoms with E-state index in [1.54, 1.807) is 44.8 Å². The second-order valence-corrected chi connectivity index (χ2v) is 10.2. The number of nitriles is 1. The fourth-order valence-electron chi connectivity index (χ4n) is 5.15. The van der Waals surface area contributed by atoms with E-state index in [0.717, 1.165) is 30.5 Å². The lowest BCUT2D eigenvalue weighted by Crippen LogP contribution is -2.48. The van der Waals surface area contributed by atoms with Crippen LogP contribution < -0.4 is 4.90 Å². The lowest BCUT2D eigenvalue weighted by Gasteiger charge is -2.40. The molecule has 0 bridgehead atoms. The van der Waals surface area contributed by atoms with E-state index in [4.69, 9.17) is 11.6 Å². The van der Waals surface area contributed by atoms with Gasteiger partial charge in [-0.25, -0.2) is 4.52 Å². The topological polar surface area (TPSA) is 112 Å². The number of hydrogen-bond acceptors (Lipinski definition) is 6. The molecule has 0 atom stereocenters. The average Bonchev–Trinajstić information content (AvgIpc) is 3.46. The number of hydrogen-bond donors (Lipinski definition) is 0. The van der Waals surface area contributed by atoms with Crippen LogP contribution in [0.1, 0.15) is 42.5 Å². The van der Waals surface area contributed by atoms with Gasteiger partial charge in [0.25, 0.3) is 11.9 Å². The molecule has 1 saturated heterocycles. The summed E-state index contributed by atoms with van der Waals surface area (Å²) in [5.41, 5.74) is 2.19. The summed E-state index contributed by atoms with van der Waals surface area (Å²) >= 11 is 6.25. The molecule has 0 spiro atoms. The highest BCUT2D eigenvalue weighted by Crippen LogP contribution is 2.36. The minimum Gasteiger partial charge on any atom is -0.338 e. The Balaban J connectivity index is 1.27. The number of piperidine rings is 1. The Morgan fingerprint density at radius 2 is 1.97 bits per heavy atom. The smallest absolute Gasteiger partial charge is 0.255 e. The molecule has 10 nitrogen and oxygen atoms in total. The van der Waals surface area contributed by atoms with E-state index in [0.29, 0.717) is 48.1 Å². The summed E-state index contributed by atoms with van der Waals surface area (Å²) in [4.78, 5) is 32.6. The van der Waals surface area contributed by atoms with Gasteiger partial charge in [0.05, 0.1) is 40.5 Å². The number of benzene rings is 1.